The molecule has 0 amide bonds. The summed E-state index contributed by atoms with van der Waals surface area (Å²) in [7, 11) is 3.33. The quantitative estimate of drug-likeness (QED) is 0.889. The highest BCUT2D eigenvalue weighted by atomic mass is 16.5. The highest BCUT2D eigenvalue weighted by Gasteiger charge is 2.19. The molecule has 0 spiro atoms. The minimum atomic E-state index is 0.118. The summed E-state index contributed by atoms with van der Waals surface area (Å²) in [5.74, 6) is 1.61. The van der Waals surface area contributed by atoms with Crippen molar-refractivity contribution >= 4 is 0 Å². The molecule has 4 heteroatoms. The standard InChI is InChI=1S/C19H23NO3/c1-21-16-9-14(10-17(11-16)22-2)12-20-13-19-18-6-4-3-5-15(18)7-8-23-19/h3-6,9-11,19-20H,7-8,12-13H2,1-2H3. The van der Waals surface area contributed by atoms with Crippen LogP contribution in [0.3, 0.4) is 0 Å². The minimum absolute atomic E-state index is 0.118. The average molecular weight is 313 g/mol. The summed E-state index contributed by atoms with van der Waals surface area (Å²) >= 11 is 0. The molecule has 0 aromatic heterocycles. The summed E-state index contributed by atoms with van der Waals surface area (Å²) in [6, 6.07) is 14.4. The van der Waals surface area contributed by atoms with Crippen molar-refractivity contribution in [2.75, 3.05) is 27.4 Å². The van der Waals surface area contributed by atoms with E-state index in [1.807, 2.05) is 18.2 Å². The Kier molecular flexibility index (Phi) is 5.16. The maximum absolute atomic E-state index is 5.92. The Morgan fingerprint density at radius 2 is 1.83 bits per heavy atom. The number of benzene rings is 2. The molecule has 2 aromatic carbocycles. The van der Waals surface area contributed by atoms with E-state index in [2.05, 4.69) is 29.6 Å². The predicted molar refractivity (Wildman–Crippen MR) is 90.1 cm³/mol. The second-order valence-corrected chi connectivity index (χ2v) is 5.66. The van der Waals surface area contributed by atoms with Gasteiger partial charge in [0.05, 0.1) is 26.9 Å². The van der Waals surface area contributed by atoms with Gasteiger partial charge in [-0.2, -0.15) is 0 Å². The first-order valence-electron chi connectivity index (χ1n) is 7.92. The maximum atomic E-state index is 5.92. The molecule has 0 saturated carbocycles. The van der Waals surface area contributed by atoms with Gasteiger partial charge in [0.2, 0.25) is 0 Å². The molecule has 0 radical (unpaired) electrons. The fourth-order valence-corrected chi connectivity index (χ4v) is 2.96. The van der Waals surface area contributed by atoms with Gasteiger partial charge in [-0.15, -0.1) is 0 Å². The van der Waals surface area contributed by atoms with Crippen LogP contribution in [0.4, 0.5) is 0 Å². The van der Waals surface area contributed by atoms with Gasteiger partial charge in [0.15, 0.2) is 0 Å². The van der Waals surface area contributed by atoms with Crippen LogP contribution in [-0.4, -0.2) is 27.4 Å². The number of nitrogens with one attached hydrogen (secondary N) is 1. The van der Waals surface area contributed by atoms with Crippen molar-refractivity contribution in [3.63, 3.8) is 0 Å². The zero-order chi connectivity index (χ0) is 16.1. The third-order valence-electron chi connectivity index (χ3n) is 4.16. The Morgan fingerprint density at radius 1 is 1.09 bits per heavy atom. The zero-order valence-corrected chi connectivity index (χ0v) is 13.7. The van der Waals surface area contributed by atoms with E-state index >= 15 is 0 Å². The minimum Gasteiger partial charge on any atom is -0.497 e. The van der Waals surface area contributed by atoms with Crippen LogP contribution in [0.1, 0.15) is 22.8 Å². The van der Waals surface area contributed by atoms with Gasteiger partial charge in [0.25, 0.3) is 0 Å². The SMILES string of the molecule is COc1cc(CNCC2OCCc3ccccc32)cc(OC)c1. The van der Waals surface area contributed by atoms with Crippen molar-refractivity contribution in [3.8, 4) is 11.5 Å². The molecule has 1 N–H and O–H groups in total. The summed E-state index contributed by atoms with van der Waals surface area (Å²) in [5, 5.41) is 3.48. The summed E-state index contributed by atoms with van der Waals surface area (Å²) in [5.41, 5.74) is 3.83. The molecule has 1 aliphatic heterocycles. The Labute approximate surface area is 137 Å². The van der Waals surface area contributed by atoms with Crippen molar-refractivity contribution in [1.29, 1.82) is 0 Å². The van der Waals surface area contributed by atoms with Crippen molar-refractivity contribution < 1.29 is 14.2 Å². The topological polar surface area (TPSA) is 39.7 Å². The first kappa shape index (κ1) is 15.8. The van der Waals surface area contributed by atoms with E-state index in [1.165, 1.54) is 11.1 Å². The lowest BCUT2D eigenvalue weighted by atomic mass is 9.97. The Hall–Kier alpha value is -2.04. The molecule has 3 rings (SSSR count). The second-order valence-electron chi connectivity index (χ2n) is 5.66. The van der Waals surface area contributed by atoms with E-state index in [4.69, 9.17) is 14.2 Å². The second kappa shape index (κ2) is 7.49. The molecule has 0 aliphatic carbocycles. The van der Waals surface area contributed by atoms with Gasteiger partial charge in [-0.25, -0.2) is 0 Å². The lowest BCUT2D eigenvalue weighted by Crippen LogP contribution is -2.27. The van der Waals surface area contributed by atoms with Crippen LogP contribution < -0.4 is 14.8 Å². The lowest BCUT2D eigenvalue weighted by Gasteiger charge is -2.26. The van der Waals surface area contributed by atoms with E-state index in [9.17, 15) is 0 Å². The largest absolute Gasteiger partial charge is 0.497 e. The monoisotopic (exact) mass is 313 g/mol. The van der Waals surface area contributed by atoms with Crippen molar-refractivity contribution in [2.24, 2.45) is 0 Å². The van der Waals surface area contributed by atoms with Crippen molar-refractivity contribution in [3.05, 3.63) is 59.2 Å². The molecule has 0 bridgehead atoms. The normalized spacial score (nSPS) is 16.7. The molecular formula is C19H23NO3. The van der Waals surface area contributed by atoms with Gasteiger partial charge >= 0.3 is 0 Å². The van der Waals surface area contributed by atoms with E-state index in [0.717, 1.165) is 43.2 Å². The highest BCUT2D eigenvalue weighted by Crippen LogP contribution is 2.26. The first-order chi connectivity index (χ1) is 11.3. The van der Waals surface area contributed by atoms with Crippen LogP contribution in [0.5, 0.6) is 11.5 Å². The molecule has 122 valence electrons. The molecule has 2 aromatic rings. The first-order valence-corrected chi connectivity index (χ1v) is 7.92. The number of hydrogen-bond donors (Lipinski definition) is 1. The Balaban J connectivity index is 1.62. The molecule has 0 fully saturated rings. The van der Waals surface area contributed by atoms with Gasteiger partial charge in [-0.05, 0) is 35.2 Å². The predicted octanol–water partition coefficient (Wildman–Crippen LogP) is 3.11. The van der Waals surface area contributed by atoms with E-state index < -0.39 is 0 Å². The summed E-state index contributed by atoms with van der Waals surface area (Å²) in [4.78, 5) is 0. The smallest absolute Gasteiger partial charge is 0.122 e. The number of rotatable bonds is 6. The van der Waals surface area contributed by atoms with Crippen LogP contribution in [0.2, 0.25) is 0 Å². The van der Waals surface area contributed by atoms with Crippen LogP contribution in [0.15, 0.2) is 42.5 Å². The van der Waals surface area contributed by atoms with Gasteiger partial charge in [-0.1, -0.05) is 24.3 Å². The zero-order valence-electron chi connectivity index (χ0n) is 13.7. The molecule has 1 aliphatic rings. The van der Waals surface area contributed by atoms with Crippen LogP contribution >= 0.6 is 0 Å². The van der Waals surface area contributed by atoms with E-state index in [0.29, 0.717) is 0 Å². The van der Waals surface area contributed by atoms with Crippen molar-refractivity contribution in [2.45, 2.75) is 19.1 Å². The van der Waals surface area contributed by atoms with Crippen LogP contribution in [0.25, 0.3) is 0 Å². The Bertz CT molecular complexity index is 635. The molecule has 1 unspecified atom stereocenters. The van der Waals surface area contributed by atoms with Gasteiger partial charge in [0.1, 0.15) is 11.5 Å². The number of ether oxygens (including phenoxy) is 3. The molecule has 1 heterocycles. The number of fused-ring (bicyclic) bond motifs is 1. The molecule has 0 saturated heterocycles. The molecular weight excluding hydrogens is 290 g/mol. The molecule has 4 nitrogen and oxygen atoms in total. The van der Waals surface area contributed by atoms with Crippen LogP contribution in [-0.2, 0) is 17.7 Å². The summed E-state index contributed by atoms with van der Waals surface area (Å²) in [6.45, 7) is 2.32. The molecule has 1 atom stereocenters. The third kappa shape index (κ3) is 3.84. The van der Waals surface area contributed by atoms with Gasteiger partial charge < -0.3 is 19.5 Å². The average Bonchev–Trinajstić information content (AvgIpc) is 2.61. The molecule has 23 heavy (non-hydrogen) atoms. The fraction of sp³-hybridized carbons (Fsp3) is 0.368. The summed E-state index contributed by atoms with van der Waals surface area (Å²) in [6.07, 6.45) is 1.12. The number of hydrogen-bond acceptors (Lipinski definition) is 4. The summed E-state index contributed by atoms with van der Waals surface area (Å²) < 4.78 is 16.5. The highest BCUT2D eigenvalue weighted by molar-refractivity contribution is 5.38. The van der Waals surface area contributed by atoms with Gasteiger partial charge in [0, 0.05) is 19.2 Å². The van der Waals surface area contributed by atoms with Gasteiger partial charge in [-0.3, -0.25) is 0 Å². The number of methoxy groups -OCH3 is 2. The maximum Gasteiger partial charge on any atom is 0.122 e. The van der Waals surface area contributed by atoms with E-state index in [-0.39, 0.29) is 6.10 Å². The Morgan fingerprint density at radius 3 is 2.57 bits per heavy atom. The fourth-order valence-electron chi connectivity index (χ4n) is 2.96. The lowest BCUT2D eigenvalue weighted by molar-refractivity contribution is 0.0423. The van der Waals surface area contributed by atoms with E-state index in [1.54, 1.807) is 14.2 Å². The van der Waals surface area contributed by atoms with Crippen molar-refractivity contribution in [1.82, 2.24) is 5.32 Å². The third-order valence-corrected chi connectivity index (χ3v) is 4.16. The van der Waals surface area contributed by atoms with Crippen LogP contribution in [0, 0.1) is 0 Å².